The van der Waals surface area contributed by atoms with Gasteiger partial charge in [0.1, 0.15) is 5.82 Å². The highest BCUT2D eigenvalue weighted by Crippen LogP contribution is 2.15. The Morgan fingerprint density at radius 1 is 1.15 bits per heavy atom. The third kappa shape index (κ3) is 4.29. The van der Waals surface area contributed by atoms with E-state index in [1.165, 1.54) is 24.3 Å². The van der Waals surface area contributed by atoms with Gasteiger partial charge in [-0.25, -0.2) is 9.37 Å². The average Bonchev–Trinajstić information content (AvgIpc) is 3.07. The van der Waals surface area contributed by atoms with Gasteiger partial charge in [-0.1, -0.05) is 6.07 Å². The minimum atomic E-state index is -0.499. The van der Waals surface area contributed by atoms with E-state index in [1.807, 2.05) is 0 Å². The summed E-state index contributed by atoms with van der Waals surface area (Å²) in [4.78, 5) is 29.3. The second-order valence-electron chi connectivity index (χ2n) is 5.80. The van der Waals surface area contributed by atoms with Crippen molar-refractivity contribution in [2.75, 3.05) is 25.6 Å². The van der Waals surface area contributed by atoms with Crippen LogP contribution in [0.25, 0.3) is 5.52 Å². The van der Waals surface area contributed by atoms with Crippen LogP contribution in [0.3, 0.4) is 0 Å². The van der Waals surface area contributed by atoms with Crippen molar-refractivity contribution in [3.8, 4) is 0 Å². The Morgan fingerprint density at radius 3 is 2.67 bits per heavy atom. The van der Waals surface area contributed by atoms with Crippen LogP contribution < -0.4 is 10.6 Å². The van der Waals surface area contributed by atoms with Crippen molar-refractivity contribution in [1.29, 1.82) is 0 Å². The number of rotatable bonds is 7. The molecule has 2 amide bonds. The van der Waals surface area contributed by atoms with Crippen LogP contribution >= 0.6 is 0 Å². The molecule has 140 valence electrons. The molecule has 0 atom stereocenters. The van der Waals surface area contributed by atoms with Gasteiger partial charge in [0.05, 0.1) is 5.52 Å². The van der Waals surface area contributed by atoms with Gasteiger partial charge in [0.2, 0.25) is 5.82 Å². The van der Waals surface area contributed by atoms with E-state index in [9.17, 15) is 14.0 Å². The molecule has 0 aliphatic heterocycles. The number of aromatic nitrogens is 2. The second-order valence-corrected chi connectivity index (χ2v) is 5.80. The van der Waals surface area contributed by atoms with Crippen LogP contribution in [0.15, 0.2) is 48.7 Å². The number of imidazole rings is 1. The number of nitrogens with zero attached hydrogens (tertiary/aromatic N) is 2. The van der Waals surface area contributed by atoms with Gasteiger partial charge in [0.25, 0.3) is 11.8 Å². The number of methoxy groups -OCH3 is 1. The molecule has 0 saturated heterocycles. The van der Waals surface area contributed by atoms with E-state index >= 15 is 0 Å². The van der Waals surface area contributed by atoms with Gasteiger partial charge >= 0.3 is 0 Å². The van der Waals surface area contributed by atoms with Gasteiger partial charge in [-0.15, -0.1) is 0 Å². The third-order valence-electron chi connectivity index (χ3n) is 3.88. The minimum absolute atomic E-state index is 0.0666. The smallest absolute Gasteiger partial charge is 0.292 e. The van der Waals surface area contributed by atoms with E-state index in [1.54, 1.807) is 35.9 Å². The summed E-state index contributed by atoms with van der Waals surface area (Å²) >= 11 is 0. The lowest BCUT2D eigenvalue weighted by atomic mass is 10.3. The summed E-state index contributed by atoms with van der Waals surface area (Å²) in [7, 11) is 1.59. The lowest BCUT2D eigenvalue weighted by molar-refractivity contribution is 0.0946. The van der Waals surface area contributed by atoms with E-state index in [2.05, 4.69) is 15.6 Å². The summed E-state index contributed by atoms with van der Waals surface area (Å²) < 4.78 is 19.5. The molecule has 8 heteroatoms. The molecule has 3 rings (SSSR count). The number of benzene rings is 1. The number of ether oxygens (including phenoxy) is 1. The first-order valence-corrected chi connectivity index (χ1v) is 8.41. The maximum absolute atomic E-state index is 13.0. The first kappa shape index (κ1) is 18.5. The first-order valence-electron chi connectivity index (χ1n) is 8.41. The zero-order valence-electron chi connectivity index (χ0n) is 14.7. The lowest BCUT2D eigenvalue weighted by Gasteiger charge is -2.04. The molecule has 2 heterocycles. The average molecular weight is 370 g/mol. The number of hydrogen-bond donors (Lipinski definition) is 2. The Balaban J connectivity index is 1.84. The molecular formula is C19H19FN4O3. The standard InChI is InChI=1S/C19H19FN4O3/c1-27-12-4-10-21-18(25)16-15-5-2-3-11-24(15)17(23-16)19(26)22-14-8-6-13(20)7-9-14/h2-3,5-9,11H,4,10,12H2,1H3,(H,21,25)(H,22,26). The summed E-state index contributed by atoms with van der Waals surface area (Å²) in [5.74, 6) is -1.19. The number of halogens is 1. The highest BCUT2D eigenvalue weighted by molar-refractivity contribution is 6.06. The predicted molar refractivity (Wildman–Crippen MR) is 98.4 cm³/mol. The zero-order chi connectivity index (χ0) is 19.2. The minimum Gasteiger partial charge on any atom is -0.385 e. The molecule has 1 aromatic carbocycles. The van der Waals surface area contributed by atoms with Crippen molar-refractivity contribution in [2.45, 2.75) is 6.42 Å². The van der Waals surface area contributed by atoms with Crippen molar-refractivity contribution in [3.63, 3.8) is 0 Å². The molecular weight excluding hydrogens is 351 g/mol. The summed E-state index contributed by atoms with van der Waals surface area (Å²) in [6.07, 6.45) is 2.33. The second kappa shape index (κ2) is 8.41. The fourth-order valence-corrected chi connectivity index (χ4v) is 2.59. The highest BCUT2D eigenvalue weighted by atomic mass is 19.1. The molecule has 0 bridgehead atoms. The van der Waals surface area contributed by atoms with Gasteiger partial charge in [-0.2, -0.15) is 0 Å². The van der Waals surface area contributed by atoms with Crippen molar-refractivity contribution in [3.05, 3.63) is 66.0 Å². The quantitative estimate of drug-likeness (QED) is 0.626. The number of pyridine rings is 1. The summed E-state index contributed by atoms with van der Waals surface area (Å²) in [6.45, 7) is 0.977. The van der Waals surface area contributed by atoms with Crippen molar-refractivity contribution in [2.24, 2.45) is 0 Å². The molecule has 0 radical (unpaired) electrons. The van der Waals surface area contributed by atoms with Crippen molar-refractivity contribution in [1.82, 2.24) is 14.7 Å². The number of amides is 2. The molecule has 3 aromatic rings. The predicted octanol–water partition coefficient (Wildman–Crippen LogP) is 2.49. The number of anilines is 1. The number of fused-ring (bicyclic) bond motifs is 1. The third-order valence-corrected chi connectivity index (χ3v) is 3.88. The van der Waals surface area contributed by atoms with Gasteiger partial charge in [-0.05, 0) is 42.8 Å². The van der Waals surface area contributed by atoms with E-state index in [0.29, 0.717) is 30.8 Å². The Labute approximate surface area is 155 Å². The SMILES string of the molecule is COCCCNC(=O)c1nc(C(=O)Nc2ccc(F)cc2)n2ccccc12. The van der Waals surface area contributed by atoms with E-state index in [4.69, 9.17) is 4.74 Å². The Hall–Kier alpha value is -3.26. The Kier molecular flexibility index (Phi) is 5.77. The van der Waals surface area contributed by atoms with Crippen LogP contribution in [0.4, 0.5) is 10.1 Å². The van der Waals surface area contributed by atoms with E-state index in [0.717, 1.165) is 0 Å². The van der Waals surface area contributed by atoms with E-state index in [-0.39, 0.29) is 17.4 Å². The van der Waals surface area contributed by atoms with Gasteiger partial charge < -0.3 is 15.4 Å². The zero-order valence-corrected chi connectivity index (χ0v) is 14.7. The van der Waals surface area contributed by atoms with Crippen LogP contribution in [-0.4, -0.2) is 41.5 Å². The summed E-state index contributed by atoms with van der Waals surface area (Å²) in [6, 6.07) is 10.6. The molecule has 0 spiro atoms. The fraction of sp³-hybridized carbons (Fsp3) is 0.211. The number of carbonyl (C=O) groups is 2. The first-order chi connectivity index (χ1) is 13.1. The maximum Gasteiger partial charge on any atom is 0.292 e. The molecule has 7 nitrogen and oxygen atoms in total. The van der Waals surface area contributed by atoms with Crippen molar-refractivity contribution >= 4 is 23.0 Å². The van der Waals surface area contributed by atoms with Gasteiger partial charge in [0.15, 0.2) is 5.69 Å². The van der Waals surface area contributed by atoms with Crippen LogP contribution in [0, 0.1) is 5.82 Å². The monoisotopic (exact) mass is 370 g/mol. The lowest BCUT2D eigenvalue weighted by Crippen LogP contribution is -2.26. The van der Waals surface area contributed by atoms with E-state index < -0.39 is 11.7 Å². The molecule has 2 N–H and O–H groups in total. The van der Waals surface area contributed by atoms with Gasteiger partial charge in [0, 0.05) is 32.1 Å². The molecule has 0 saturated carbocycles. The molecule has 0 aliphatic carbocycles. The van der Waals surface area contributed by atoms with Crippen LogP contribution in [0.2, 0.25) is 0 Å². The molecule has 0 aliphatic rings. The summed E-state index contributed by atoms with van der Waals surface area (Å²) in [5, 5.41) is 5.42. The number of carbonyl (C=O) groups excluding carboxylic acids is 2. The molecule has 0 fully saturated rings. The molecule has 27 heavy (non-hydrogen) atoms. The largest absolute Gasteiger partial charge is 0.385 e. The topological polar surface area (TPSA) is 84.7 Å². The van der Waals surface area contributed by atoms with Crippen molar-refractivity contribution < 1.29 is 18.7 Å². The summed E-state index contributed by atoms with van der Waals surface area (Å²) in [5.41, 5.74) is 1.11. The Bertz CT molecular complexity index is 953. The Morgan fingerprint density at radius 2 is 1.93 bits per heavy atom. The number of nitrogens with one attached hydrogen (secondary N) is 2. The van der Waals surface area contributed by atoms with Gasteiger partial charge in [-0.3, -0.25) is 14.0 Å². The molecule has 0 unspecified atom stereocenters. The van der Waals surface area contributed by atoms with Crippen LogP contribution in [0.1, 0.15) is 27.5 Å². The van der Waals surface area contributed by atoms with Crippen LogP contribution in [-0.2, 0) is 4.74 Å². The maximum atomic E-state index is 13.0. The highest BCUT2D eigenvalue weighted by Gasteiger charge is 2.21. The fourth-order valence-electron chi connectivity index (χ4n) is 2.59. The molecule has 2 aromatic heterocycles. The number of hydrogen-bond acceptors (Lipinski definition) is 4. The van der Waals surface area contributed by atoms with Crippen LogP contribution in [0.5, 0.6) is 0 Å². The normalized spacial score (nSPS) is 10.7.